The molecule has 0 aliphatic heterocycles. The molecule has 1 saturated carbocycles. The maximum absolute atomic E-state index is 9.42. The van der Waals surface area contributed by atoms with Crippen LogP contribution in [-0.4, -0.2) is 22.5 Å². The van der Waals surface area contributed by atoms with Crippen molar-refractivity contribution >= 4 is 11.4 Å². The lowest BCUT2D eigenvalue weighted by Crippen LogP contribution is -2.08. The van der Waals surface area contributed by atoms with E-state index in [4.69, 9.17) is 20.6 Å². The van der Waals surface area contributed by atoms with Gasteiger partial charge >= 0.3 is 0 Å². The Bertz CT molecular complexity index is 1190. The second-order valence-electron chi connectivity index (χ2n) is 8.12. The molecule has 7 heteroatoms. The summed E-state index contributed by atoms with van der Waals surface area (Å²) in [5.74, 6) is 1.78. The van der Waals surface area contributed by atoms with Crippen LogP contribution in [-0.2, 0) is 6.61 Å². The topological polar surface area (TPSA) is 118 Å². The summed E-state index contributed by atoms with van der Waals surface area (Å²) in [6.07, 6.45) is 4.07. The van der Waals surface area contributed by atoms with Crippen molar-refractivity contribution in [1.29, 1.82) is 10.7 Å². The summed E-state index contributed by atoms with van der Waals surface area (Å²) in [7, 11) is 0. The number of nitrogens with one attached hydrogen (secondary N) is 1. The molecule has 0 bridgehead atoms. The predicted octanol–water partition coefficient (Wildman–Crippen LogP) is 4.33. The van der Waals surface area contributed by atoms with Crippen LogP contribution in [0.4, 0.5) is 5.69 Å². The molecular weight excluding hydrogens is 402 g/mol. The van der Waals surface area contributed by atoms with Gasteiger partial charge in [-0.25, -0.2) is 0 Å². The summed E-state index contributed by atoms with van der Waals surface area (Å²) < 4.78 is 11.8. The van der Waals surface area contributed by atoms with Gasteiger partial charge in [0.15, 0.2) is 0 Å². The summed E-state index contributed by atoms with van der Waals surface area (Å²) >= 11 is 0. The van der Waals surface area contributed by atoms with Gasteiger partial charge in [0.05, 0.1) is 35.8 Å². The van der Waals surface area contributed by atoms with E-state index in [0.717, 1.165) is 16.8 Å². The molecular formula is C25H25N5O2. The number of anilines is 1. The third-order valence-electron chi connectivity index (χ3n) is 5.56. The third-order valence-corrected chi connectivity index (χ3v) is 5.56. The van der Waals surface area contributed by atoms with Crippen molar-refractivity contribution in [3.63, 3.8) is 0 Å². The summed E-state index contributed by atoms with van der Waals surface area (Å²) in [5.41, 5.74) is 11.2. The number of hydrogen-bond acceptors (Lipinski definition) is 7. The van der Waals surface area contributed by atoms with E-state index >= 15 is 0 Å². The van der Waals surface area contributed by atoms with Gasteiger partial charge in [0.2, 0.25) is 0 Å². The Morgan fingerprint density at radius 2 is 1.97 bits per heavy atom. The number of nitriles is 1. The molecule has 1 aromatic heterocycles. The molecule has 0 radical (unpaired) electrons. The van der Waals surface area contributed by atoms with Crippen LogP contribution in [0.5, 0.6) is 11.5 Å². The van der Waals surface area contributed by atoms with Gasteiger partial charge in [-0.05, 0) is 74.6 Å². The molecule has 1 heterocycles. The fourth-order valence-electron chi connectivity index (χ4n) is 3.39. The molecule has 162 valence electrons. The maximum Gasteiger partial charge on any atom is 0.121 e. The van der Waals surface area contributed by atoms with E-state index in [1.54, 1.807) is 42.6 Å². The van der Waals surface area contributed by atoms with E-state index in [9.17, 15) is 5.26 Å². The van der Waals surface area contributed by atoms with Gasteiger partial charge in [0.25, 0.3) is 0 Å². The Labute approximate surface area is 187 Å². The highest BCUT2D eigenvalue weighted by Crippen LogP contribution is 2.31. The molecule has 0 unspecified atom stereocenters. The molecule has 1 aliphatic rings. The van der Waals surface area contributed by atoms with Crippen molar-refractivity contribution in [2.45, 2.75) is 33.3 Å². The molecule has 32 heavy (non-hydrogen) atoms. The first kappa shape index (κ1) is 21.3. The van der Waals surface area contributed by atoms with Crippen molar-refractivity contribution in [1.82, 2.24) is 10.2 Å². The minimum absolute atomic E-state index is 0.208. The molecule has 0 amide bonds. The molecule has 0 saturated heterocycles. The van der Waals surface area contributed by atoms with Crippen molar-refractivity contribution in [3.05, 3.63) is 76.1 Å². The molecule has 7 nitrogen and oxygen atoms in total. The van der Waals surface area contributed by atoms with Crippen LogP contribution in [0, 0.1) is 36.5 Å². The Hall–Kier alpha value is -3.92. The van der Waals surface area contributed by atoms with E-state index in [1.807, 2.05) is 13.8 Å². The standard InChI is InChI=1S/C25H25N5O2/c1-15-12-29-30-16(2)23(15)14-32-20-5-6-24(27)22(10-20)25(28)19-7-18(11-26)8-21(9-19)31-13-17-3-4-17/h5-10,12,17,28H,3-4,13-14,27H2,1-2H3. The average Bonchev–Trinajstić information content (AvgIpc) is 3.62. The van der Waals surface area contributed by atoms with Crippen LogP contribution in [0.2, 0.25) is 0 Å². The van der Waals surface area contributed by atoms with Gasteiger partial charge in [-0.2, -0.15) is 15.5 Å². The van der Waals surface area contributed by atoms with Crippen molar-refractivity contribution < 1.29 is 9.47 Å². The number of aromatic nitrogens is 2. The second kappa shape index (κ2) is 9.06. The number of nitrogens with zero attached hydrogens (tertiary/aromatic N) is 3. The molecule has 0 spiro atoms. The van der Waals surface area contributed by atoms with Gasteiger partial charge in [-0.3, -0.25) is 5.41 Å². The van der Waals surface area contributed by atoms with E-state index in [2.05, 4.69) is 16.3 Å². The minimum atomic E-state index is 0.208. The quantitative estimate of drug-likeness (QED) is 0.408. The normalized spacial score (nSPS) is 12.8. The summed E-state index contributed by atoms with van der Waals surface area (Å²) in [5, 5.41) is 26.2. The fourth-order valence-corrected chi connectivity index (χ4v) is 3.39. The highest BCUT2D eigenvalue weighted by Gasteiger charge is 2.22. The number of hydrogen-bond donors (Lipinski definition) is 2. The summed E-state index contributed by atoms with van der Waals surface area (Å²) in [4.78, 5) is 0. The van der Waals surface area contributed by atoms with E-state index in [0.29, 0.717) is 53.0 Å². The maximum atomic E-state index is 9.42. The van der Waals surface area contributed by atoms with Gasteiger partial charge in [0.1, 0.15) is 18.1 Å². The van der Waals surface area contributed by atoms with Gasteiger partial charge in [0, 0.05) is 22.4 Å². The fraction of sp³-hybridized carbons (Fsp3) is 0.280. The Morgan fingerprint density at radius 3 is 2.69 bits per heavy atom. The summed E-state index contributed by atoms with van der Waals surface area (Å²) in [6, 6.07) is 12.6. The van der Waals surface area contributed by atoms with Crippen LogP contribution in [0.1, 0.15) is 46.4 Å². The smallest absolute Gasteiger partial charge is 0.121 e. The molecule has 0 atom stereocenters. The van der Waals surface area contributed by atoms with E-state index < -0.39 is 0 Å². The van der Waals surface area contributed by atoms with Crippen molar-refractivity contribution in [2.75, 3.05) is 12.3 Å². The molecule has 1 fully saturated rings. The van der Waals surface area contributed by atoms with E-state index in [1.165, 1.54) is 12.8 Å². The number of aryl methyl sites for hydroxylation is 2. The zero-order chi connectivity index (χ0) is 22.7. The van der Waals surface area contributed by atoms with Gasteiger partial charge in [-0.1, -0.05) is 0 Å². The summed E-state index contributed by atoms with van der Waals surface area (Å²) in [6.45, 7) is 4.84. The van der Waals surface area contributed by atoms with Crippen LogP contribution in [0.15, 0.2) is 42.6 Å². The van der Waals surface area contributed by atoms with Crippen LogP contribution in [0.3, 0.4) is 0 Å². The van der Waals surface area contributed by atoms with Crippen LogP contribution >= 0.6 is 0 Å². The molecule has 4 rings (SSSR count). The van der Waals surface area contributed by atoms with Crippen molar-refractivity contribution in [3.8, 4) is 17.6 Å². The Kier molecular flexibility index (Phi) is 6.04. The SMILES string of the molecule is Cc1cnnc(C)c1COc1ccc(N)c(C(=N)c2cc(C#N)cc(OCC3CC3)c2)c1. The average molecular weight is 428 g/mol. The molecule has 3 N–H and O–H groups in total. The Balaban J connectivity index is 1.57. The zero-order valence-corrected chi connectivity index (χ0v) is 18.2. The monoisotopic (exact) mass is 427 g/mol. The largest absolute Gasteiger partial charge is 0.493 e. The zero-order valence-electron chi connectivity index (χ0n) is 18.2. The van der Waals surface area contributed by atoms with Crippen LogP contribution in [0.25, 0.3) is 0 Å². The molecule has 3 aromatic rings. The lowest BCUT2D eigenvalue weighted by atomic mass is 9.98. The van der Waals surface area contributed by atoms with Gasteiger partial charge in [-0.15, -0.1) is 0 Å². The Morgan fingerprint density at radius 1 is 1.16 bits per heavy atom. The number of benzene rings is 2. The second-order valence-corrected chi connectivity index (χ2v) is 8.12. The first-order valence-electron chi connectivity index (χ1n) is 10.5. The van der Waals surface area contributed by atoms with Crippen molar-refractivity contribution in [2.24, 2.45) is 5.92 Å². The lowest BCUT2D eigenvalue weighted by Gasteiger charge is -2.14. The highest BCUT2D eigenvalue weighted by atomic mass is 16.5. The number of nitrogen functional groups attached to an aromatic ring is 1. The molecule has 1 aliphatic carbocycles. The van der Waals surface area contributed by atoms with E-state index in [-0.39, 0.29) is 5.71 Å². The third kappa shape index (κ3) is 4.86. The lowest BCUT2D eigenvalue weighted by molar-refractivity contribution is 0.299. The first-order chi connectivity index (χ1) is 15.4. The first-order valence-corrected chi connectivity index (χ1v) is 10.5. The highest BCUT2D eigenvalue weighted by molar-refractivity contribution is 6.14. The number of ether oxygens (including phenoxy) is 2. The number of nitrogens with two attached hydrogens (primary N) is 1. The minimum Gasteiger partial charge on any atom is -0.493 e. The number of rotatable bonds is 8. The van der Waals surface area contributed by atoms with Crippen LogP contribution < -0.4 is 15.2 Å². The van der Waals surface area contributed by atoms with Gasteiger partial charge < -0.3 is 15.2 Å². The predicted molar refractivity (Wildman–Crippen MR) is 122 cm³/mol. The molecule has 2 aromatic carbocycles.